The molecular formula is C24H27N5OS. The largest absolute Gasteiger partial charge is 0.318 e. The highest BCUT2D eigenvalue weighted by Crippen LogP contribution is 2.31. The van der Waals surface area contributed by atoms with Crippen molar-refractivity contribution in [2.75, 3.05) is 0 Å². The van der Waals surface area contributed by atoms with Crippen LogP contribution >= 0.6 is 11.8 Å². The van der Waals surface area contributed by atoms with E-state index in [2.05, 4.69) is 66.6 Å². The number of aromatic nitrogens is 1. The molecular weight excluding hydrogens is 406 g/mol. The highest BCUT2D eigenvalue weighted by Gasteiger charge is 2.35. The average Bonchev–Trinajstić information content (AvgIpc) is 3.22. The van der Waals surface area contributed by atoms with Crippen molar-refractivity contribution in [3.63, 3.8) is 0 Å². The van der Waals surface area contributed by atoms with Gasteiger partial charge in [-0.05, 0) is 93.3 Å². The number of nitrogens with zero attached hydrogens (tertiary/aromatic N) is 4. The lowest BCUT2D eigenvalue weighted by Gasteiger charge is -2.20. The van der Waals surface area contributed by atoms with E-state index in [1.165, 1.54) is 27.9 Å². The number of carbonyl (C=O) groups excluding carboxylic acids is 1. The van der Waals surface area contributed by atoms with Crippen molar-refractivity contribution in [3.05, 3.63) is 57.9 Å². The topological polar surface area (TPSA) is 73.8 Å². The lowest BCUT2D eigenvalue weighted by molar-refractivity contribution is -0.114. The van der Waals surface area contributed by atoms with E-state index in [4.69, 9.17) is 5.41 Å². The van der Waals surface area contributed by atoms with Crippen molar-refractivity contribution in [1.82, 2.24) is 9.58 Å². The molecule has 1 N–H and O–H groups in total. The molecule has 2 aliphatic rings. The van der Waals surface area contributed by atoms with Gasteiger partial charge in [0, 0.05) is 17.1 Å². The van der Waals surface area contributed by atoms with Gasteiger partial charge in [-0.15, -0.1) is 0 Å². The molecule has 0 unspecified atom stereocenters. The highest BCUT2D eigenvalue weighted by atomic mass is 32.2. The normalized spacial score (nSPS) is 17.3. The number of aliphatic imine (C=N–C) groups is 1. The summed E-state index contributed by atoms with van der Waals surface area (Å²) in [6.45, 7) is 10.4. The van der Waals surface area contributed by atoms with E-state index in [-0.39, 0.29) is 17.3 Å². The first-order chi connectivity index (χ1) is 14.8. The number of amides is 1. The number of nitrogens with one attached hydrogen (secondary N) is 1. The predicted molar refractivity (Wildman–Crippen MR) is 129 cm³/mol. The van der Waals surface area contributed by atoms with E-state index in [1.807, 2.05) is 6.92 Å². The molecule has 7 heteroatoms. The lowest BCUT2D eigenvalue weighted by Crippen LogP contribution is -2.35. The van der Waals surface area contributed by atoms with Crippen molar-refractivity contribution in [2.45, 2.75) is 53.9 Å². The number of unbranched alkanes of at least 4 members (excludes halogenated alkanes) is 1. The monoisotopic (exact) mass is 433 g/mol. The van der Waals surface area contributed by atoms with Crippen LogP contribution in [0.1, 0.15) is 54.3 Å². The molecule has 0 saturated heterocycles. The summed E-state index contributed by atoms with van der Waals surface area (Å²) in [5.74, 6) is -0.294. The average molecular weight is 434 g/mol. The van der Waals surface area contributed by atoms with E-state index >= 15 is 0 Å². The summed E-state index contributed by atoms with van der Waals surface area (Å²) in [6.07, 6.45) is 4.72. The fourth-order valence-electron chi connectivity index (χ4n) is 4.03. The summed E-state index contributed by atoms with van der Waals surface area (Å²) >= 11 is 1.39. The minimum absolute atomic E-state index is 0.0881. The summed E-state index contributed by atoms with van der Waals surface area (Å²) in [6, 6.07) is 8.51. The number of benzene rings is 1. The number of hydrogen-bond acceptors (Lipinski definition) is 4. The third kappa shape index (κ3) is 4.02. The first kappa shape index (κ1) is 21.3. The standard InChI is InChI=1S/C24H27N5OS/c1-6-7-8-21-27-29-22(25)20(23(30)26-24(29)31-21)13-18-12-16(4)28(17(18)5)19-10-14(2)9-15(3)11-19/h9-13,25H,6-8H2,1-5H3/b20-13+,25-22?. The molecule has 0 aliphatic carbocycles. The van der Waals surface area contributed by atoms with Crippen LogP contribution in [0.4, 0.5) is 0 Å². The van der Waals surface area contributed by atoms with Gasteiger partial charge in [-0.3, -0.25) is 10.2 Å². The second kappa shape index (κ2) is 8.30. The Bertz CT molecular complexity index is 1160. The number of rotatable bonds is 5. The van der Waals surface area contributed by atoms with Gasteiger partial charge in [-0.1, -0.05) is 19.4 Å². The molecule has 0 saturated carbocycles. The van der Waals surface area contributed by atoms with Crippen molar-refractivity contribution in [1.29, 1.82) is 5.41 Å². The van der Waals surface area contributed by atoms with E-state index in [1.54, 1.807) is 6.08 Å². The van der Waals surface area contributed by atoms with Crippen LogP contribution in [0, 0.1) is 33.1 Å². The Morgan fingerprint density at radius 1 is 1.10 bits per heavy atom. The summed E-state index contributed by atoms with van der Waals surface area (Å²) in [5.41, 5.74) is 6.78. The maximum absolute atomic E-state index is 12.7. The van der Waals surface area contributed by atoms with Crippen LogP contribution in [0.5, 0.6) is 0 Å². The Labute approximate surface area is 187 Å². The van der Waals surface area contributed by atoms with Crippen molar-refractivity contribution >= 4 is 39.8 Å². The first-order valence-electron chi connectivity index (χ1n) is 10.5. The maximum Gasteiger partial charge on any atom is 0.283 e. The number of hydrazone groups is 1. The molecule has 1 aromatic heterocycles. The molecule has 3 heterocycles. The fourth-order valence-corrected chi connectivity index (χ4v) is 4.95. The van der Waals surface area contributed by atoms with Gasteiger partial charge >= 0.3 is 0 Å². The quantitative estimate of drug-likeness (QED) is 0.631. The summed E-state index contributed by atoms with van der Waals surface area (Å²) in [7, 11) is 0. The Morgan fingerprint density at radius 3 is 2.48 bits per heavy atom. The van der Waals surface area contributed by atoms with Crippen LogP contribution in [0.3, 0.4) is 0 Å². The SMILES string of the molecule is CCCCC1=NN2C(=N)/C(=C\c3cc(C)n(-c4cc(C)cc(C)c4)c3C)C(=O)N=C2S1. The zero-order chi connectivity index (χ0) is 22.3. The Balaban J connectivity index is 1.70. The molecule has 4 rings (SSSR count). The molecule has 31 heavy (non-hydrogen) atoms. The zero-order valence-corrected chi connectivity index (χ0v) is 19.4. The van der Waals surface area contributed by atoms with Crippen LogP contribution in [-0.4, -0.2) is 31.5 Å². The molecule has 2 aromatic rings. The van der Waals surface area contributed by atoms with E-state index < -0.39 is 0 Å². The second-order valence-corrected chi connectivity index (χ2v) is 9.17. The van der Waals surface area contributed by atoms with Gasteiger partial charge in [0.1, 0.15) is 5.04 Å². The fraction of sp³-hybridized carbons (Fsp3) is 0.333. The molecule has 0 spiro atoms. The second-order valence-electron chi connectivity index (χ2n) is 8.13. The van der Waals surface area contributed by atoms with Crippen LogP contribution in [0.15, 0.2) is 39.9 Å². The molecule has 0 atom stereocenters. The first-order valence-corrected chi connectivity index (χ1v) is 11.4. The highest BCUT2D eigenvalue weighted by molar-refractivity contribution is 8.26. The summed E-state index contributed by atoms with van der Waals surface area (Å²) < 4.78 is 2.19. The van der Waals surface area contributed by atoms with E-state index in [9.17, 15) is 4.79 Å². The molecule has 6 nitrogen and oxygen atoms in total. The van der Waals surface area contributed by atoms with Crippen LogP contribution < -0.4 is 0 Å². The van der Waals surface area contributed by atoms with Gasteiger partial charge in [0.15, 0.2) is 5.84 Å². The molecule has 1 amide bonds. The molecule has 0 fully saturated rings. The van der Waals surface area contributed by atoms with Gasteiger partial charge in [-0.2, -0.15) is 15.1 Å². The maximum atomic E-state index is 12.7. The number of thioether (sulfide) groups is 1. The van der Waals surface area contributed by atoms with E-state index in [0.717, 1.165) is 46.9 Å². The Kier molecular flexibility index (Phi) is 5.71. The summed E-state index contributed by atoms with van der Waals surface area (Å²) in [5, 5.41) is 16.0. The van der Waals surface area contributed by atoms with Crippen LogP contribution in [-0.2, 0) is 4.79 Å². The zero-order valence-electron chi connectivity index (χ0n) is 18.6. The minimum atomic E-state index is -0.383. The smallest absolute Gasteiger partial charge is 0.283 e. The number of hydrogen-bond donors (Lipinski definition) is 1. The lowest BCUT2D eigenvalue weighted by atomic mass is 10.1. The van der Waals surface area contributed by atoms with Crippen LogP contribution in [0.2, 0.25) is 0 Å². The predicted octanol–water partition coefficient (Wildman–Crippen LogP) is 5.52. The number of carbonyl (C=O) groups is 1. The van der Waals surface area contributed by atoms with Gasteiger partial charge in [0.2, 0.25) is 5.17 Å². The van der Waals surface area contributed by atoms with Gasteiger partial charge in [-0.25, -0.2) is 0 Å². The molecule has 0 radical (unpaired) electrons. The molecule has 160 valence electrons. The number of amidine groups is 2. The third-order valence-electron chi connectivity index (χ3n) is 5.48. The number of fused-ring (bicyclic) bond motifs is 1. The van der Waals surface area contributed by atoms with Gasteiger partial charge < -0.3 is 4.57 Å². The van der Waals surface area contributed by atoms with Gasteiger partial charge in [0.25, 0.3) is 5.91 Å². The molecule has 0 bridgehead atoms. The van der Waals surface area contributed by atoms with E-state index in [0.29, 0.717) is 5.17 Å². The minimum Gasteiger partial charge on any atom is -0.318 e. The molecule has 2 aliphatic heterocycles. The van der Waals surface area contributed by atoms with Gasteiger partial charge in [0.05, 0.1) is 5.57 Å². The van der Waals surface area contributed by atoms with Crippen molar-refractivity contribution in [2.24, 2.45) is 10.1 Å². The Morgan fingerprint density at radius 2 is 1.81 bits per heavy atom. The third-order valence-corrected chi connectivity index (χ3v) is 6.44. The van der Waals surface area contributed by atoms with Crippen molar-refractivity contribution in [3.8, 4) is 5.69 Å². The molecule has 1 aromatic carbocycles. The van der Waals surface area contributed by atoms with Crippen LogP contribution in [0.25, 0.3) is 11.8 Å². The number of aryl methyl sites for hydroxylation is 3. The summed E-state index contributed by atoms with van der Waals surface area (Å²) in [4.78, 5) is 16.9. The van der Waals surface area contributed by atoms with Crippen molar-refractivity contribution < 1.29 is 4.79 Å². The Hall–Kier alpha value is -2.93.